The van der Waals surface area contributed by atoms with Gasteiger partial charge in [-0.3, -0.25) is 0 Å². The zero-order valence-corrected chi connectivity index (χ0v) is 12.6. The fourth-order valence-electron chi connectivity index (χ4n) is 2.49. The summed E-state index contributed by atoms with van der Waals surface area (Å²) < 4.78 is 0. The van der Waals surface area contributed by atoms with Crippen LogP contribution in [0.1, 0.15) is 11.1 Å². The first-order chi connectivity index (χ1) is 10.2. The van der Waals surface area contributed by atoms with Gasteiger partial charge in [-0.05, 0) is 35.2 Å². The Morgan fingerprint density at radius 1 is 1.05 bits per heavy atom. The summed E-state index contributed by atoms with van der Waals surface area (Å²) in [6, 6.07) is 14.6. The van der Waals surface area contributed by atoms with Crippen molar-refractivity contribution in [3.05, 3.63) is 65.1 Å². The first-order valence-corrected chi connectivity index (χ1v) is 7.30. The average Bonchev–Trinajstić information content (AvgIpc) is 2.50. The fraction of sp³-hybridized carbons (Fsp3) is 0.176. The zero-order valence-electron chi connectivity index (χ0n) is 11.8. The molecule has 4 heteroatoms. The monoisotopic (exact) mass is 297 g/mol. The van der Waals surface area contributed by atoms with Crippen molar-refractivity contribution >= 4 is 28.2 Å². The number of halogens is 1. The third-order valence-electron chi connectivity index (χ3n) is 3.57. The quantitative estimate of drug-likeness (QED) is 0.732. The van der Waals surface area contributed by atoms with Crippen molar-refractivity contribution in [2.45, 2.75) is 13.3 Å². The van der Waals surface area contributed by atoms with Crippen LogP contribution in [0, 0.1) is 6.92 Å². The smallest absolute Gasteiger partial charge is 0.134 e. The number of aromatic nitrogens is 2. The third-order valence-corrected chi connectivity index (χ3v) is 3.77. The van der Waals surface area contributed by atoms with E-state index in [2.05, 4.69) is 58.6 Å². The van der Waals surface area contributed by atoms with Gasteiger partial charge in [-0.1, -0.05) is 48.0 Å². The highest BCUT2D eigenvalue weighted by Gasteiger charge is 2.03. The van der Waals surface area contributed by atoms with Crippen LogP contribution in [0.25, 0.3) is 10.8 Å². The molecule has 0 fully saturated rings. The van der Waals surface area contributed by atoms with Crippen molar-refractivity contribution in [3.63, 3.8) is 0 Å². The second-order valence-corrected chi connectivity index (χ2v) is 5.38. The van der Waals surface area contributed by atoms with Crippen molar-refractivity contribution in [1.29, 1.82) is 0 Å². The van der Waals surface area contributed by atoms with E-state index >= 15 is 0 Å². The minimum Gasteiger partial charge on any atom is -0.370 e. The van der Waals surface area contributed by atoms with Crippen LogP contribution < -0.4 is 5.32 Å². The van der Waals surface area contributed by atoms with Crippen LogP contribution >= 0.6 is 11.6 Å². The van der Waals surface area contributed by atoms with Gasteiger partial charge in [-0.25, -0.2) is 9.97 Å². The van der Waals surface area contributed by atoms with Gasteiger partial charge in [0.1, 0.15) is 17.3 Å². The second kappa shape index (κ2) is 6.10. The minimum absolute atomic E-state index is 0.452. The van der Waals surface area contributed by atoms with E-state index in [0.717, 1.165) is 18.8 Å². The van der Waals surface area contributed by atoms with Crippen molar-refractivity contribution in [2.24, 2.45) is 0 Å². The van der Waals surface area contributed by atoms with Crippen LogP contribution in [0.5, 0.6) is 0 Å². The molecule has 0 unspecified atom stereocenters. The standard InChI is InChI=1S/C17H16ClN3/c1-12-6-7-13(15-5-3-2-4-14(12)15)8-9-19-17-10-16(18)20-11-21-17/h2-7,10-11H,8-9H2,1H3,(H,19,20,21). The Labute approximate surface area is 129 Å². The molecule has 0 atom stereocenters. The summed E-state index contributed by atoms with van der Waals surface area (Å²) in [7, 11) is 0. The molecule has 0 aliphatic carbocycles. The molecule has 21 heavy (non-hydrogen) atoms. The number of hydrogen-bond donors (Lipinski definition) is 1. The van der Waals surface area contributed by atoms with E-state index in [1.807, 2.05) is 0 Å². The number of nitrogens with one attached hydrogen (secondary N) is 1. The van der Waals surface area contributed by atoms with Crippen molar-refractivity contribution in [3.8, 4) is 0 Å². The second-order valence-electron chi connectivity index (χ2n) is 4.99. The predicted octanol–water partition coefficient (Wildman–Crippen LogP) is 4.25. The van der Waals surface area contributed by atoms with Crippen LogP contribution in [-0.2, 0) is 6.42 Å². The van der Waals surface area contributed by atoms with Crippen LogP contribution in [-0.4, -0.2) is 16.5 Å². The SMILES string of the molecule is Cc1ccc(CCNc2cc(Cl)ncn2)c2ccccc12. The summed E-state index contributed by atoms with van der Waals surface area (Å²) in [6.07, 6.45) is 2.40. The van der Waals surface area contributed by atoms with Crippen molar-refractivity contribution in [1.82, 2.24) is 9.97 Å². The first kappa shape index (κ1) is 13.8. The Kier molecular flexibility index (Phi) is 4.02. The molecule has 0 saturated heterocycles. The predicted molar refractivity (Wildman–Crippen MR) is 87.9 cm³/mol. The van der Waals surface area contributed by atoms with E-state index in [9.17, 15) is 0 Å². The number of hydrogen-bond acceptors (Lipinski definition) is 3. The maximum absolute atomic E-state index is 5.85. The highest BCUT2D eigenvalue weighted by molar-refractivity contribution is 6.29. The van der Waals surface area contributed by atoms with E-state index in [4.69, 9.17) is 11.6 Å². The van der Waals surface area contributed by atoms with E-state index in [1.165, 1.54) is 28.2 Å². The Morgan fingerprint density at radius 2 is 1.86 bits per heavy atom. The molecule has 3 nitrogen and oxygen atoms in total. The molecule has 1 heterocycles. The highest BCUT2D eigenvalue weighted by atomic mass is 35.5. The minimum atomic E-state index is 0.452. The van der Waals surface area contributed by atoms with E-state index in [-0.39, 0.29) is 0 Å². The van der Waals surface area contributed by atoms with Gasteiger partial charge in [0, 0.05) is 12.6 Å². The van der Waals surface area contributed by atoms with Crippen LogP contribution in [0.3, 0.4) is 0 Å². The Balaban J connectivity index is 1.75. The normalized spacial score (nSPS) is 10.8. The van der Waals surface area contributed by atoms with Gasteiger partial charge < -0.3 is 5.32 Å². The summed E-state index contributed by atoms with van der Waals surface area (Å²) in [5, 5.41) is 6.37. The molecule has 0 spiro atoms. The molecule has 3 rings (SSSR count). The summed E-state index contributed by atoms with van der Waals surface area (Å²) >= 11 is 5.85. The molecule has 0 aliphatic heterocycles. The van der Waals surface area contributed by atoms with Gasteiger partial charge in [-0.2, -0.15) is 0 Å². The maximum Gasteiger partial charge on any atom is 0.134 e. The van der Waals surface area contributed by atoms with Crippen LogP contribution in [0.4, 0.5) is 5.82 Å². The zero-order chi connectivity index (χ0) is 14.7. The van der Waals surface area contributed by atoms with Gasteiger partial charge >= 0.3 is 0 Å². The lowest BCUT2D eigenvalue weighted by Gasteiger charge is -2.10. The van der Waals surface area contributed by atoms with Gasteiger partial charge in [0.25, 0.3) is 0 Å². The third kappa shape index (κ3) is 3.14. The molecule has 0 amide bonds. The molecule has 0 radical (unpaired) electrons. The first-order valence-electron chi connectivity index (χ1n) is 6.93. The molecular formula is C17H16ClN3. The van der Waals surface area contributed by atoms with Crippen LogP contribution in [0.15, 0.2) is 48.8 Å². The summed E-state index contributed by atoms with van der Waals surface area (Å²) in [6.45, 7) is 2.95. The number of aryl methyl sites for hydroxylation is 1. The molecule has 1 N–H and O–H groups in total. The molecule has 3 aromatic rings. The lowest BCUT2D eigenvalue weighted by atomic mass is 9.98. The molecule has 0 bridgehead atoms. The highest BCUT2D eigenvalue weighted by Crippen LogP contribution is 2.22. The van der Waals surface area contributed by atoms with Gasteiger partial charge in [0.2, 0.25) is 0 Å². The number of benzene rings is 2. The maximum atomic E-state index is 5.85. The number of anilines is 1. The molecule has 2 aromatic carbocycles. The van der Waals surface area contributed by atoms with Gasteiger partial charge in [-0.15, -0.1) is 0 Å². The Morgan fingerprint density at radius 3 is 2.67 bits per heavy atom. The van der Waals surface area contributed by atoms with E-state index in [0.29, 0.717) is 5.15 Å². The Bertz CT molecular complexity index is 771. The largest absolute Gasteiger partial charge is 0.370 e. The van der Waals surface area contributed by atoms with Crippen molar-refractivity contribution in [2.75, 3.05) is 11.9 Å². The summed E-state index contributed by atoms with van der Waals surface area (Å²) in [5.41, 5.74) is 2.65. The number of rotatable bonds is 4. The van der Waals surface area contributed by atoms with E-state index < -0.39 is 0 Å². The lowest BCUT2D eigenvalue weighted by molar-refractivity contribution is 1.01. The molecule has 0 aliphatic rings. The summed E-state index contributed by atoms with van der Waals surface area (Å²) in [5.74, 6) is 0.756. The van der Waals surface area contributed by atoms with Gasteiger partial charge in [0.15, 0.2) is 0 Å². The lowest BCUT2D eigenvalue weighted by Crippen LogP contribution is -2.06. The molecule has 1 aromatic heterocycles. The fourth-order valence-corrected chi connectivity index (χ4v) is 2.63. The average molecular weight is 298 g/mol. The molecule has 0 saturated carbocycles. The van der Waals surface area contributed by atoms with Crippen LogP contribution in [0.2, 0.25) is 5.15 Å². The number of nitrogens with zero attached hydrogens (tertiary/aromatic N) is 2. The van der Waals surface area contributed by atoms with Gasteiger partial charge in [0.05, 0.1) is 0 Å². The summed E-state index contributed by atoms with van der Waals surface area (Å²) in [4.78, 5) is 8.01. The van der Waals surface area contributed by atoms with E-state index in [1.54, 1.807) is 6.07 Å². The van der Waals surface area contributed by atoms with Crippen molar-refractivity contribution < 1.29 is 0 Å². The Hall–Kier alpha value is -2.13. The topological polar surface area (TPSA) is 37.8 Å². The molecule has 106 valence electrons. The number of fused-ring (bicyclic) bond motifs is 1. The molecular weight excluding hydrogens is 282 g/mol.